The summed E-state index contributed by atoms with van der Waals surface area (Å²) in [6.07, 6.45) is 2.12. The zero-order chi connectivity index (χ0) is 13.5. The molecule has 0 amide bonds. The molecule has 1 aromatic carbocycles. The minimum absolute atomic E-state index is 0.0754. The van der Waals surface area contributed by atoms with Crippen LogP contribution in [0.3, 0.4) is 0 Å². The van der Waals surface area contributed by atoms with Crippen LogP contribution in [0, 0.1) is 12.7 Å². The largest absolute Gasteiger partial charge is 0.491 e. The lowest BCUT2D eigenvalue weighted by atomic mass is 10.1. The Morgan fingerprint density at radius 3 is 2.67 bits per heavy atom. The minimum Gasteiger partial charge on any atom is -0.491 e. The molecule has 2 nitrogen and oxygen atoms in total. The van der Waals surface area contributed by atoms with Crippen molar-refractivity contribution in [2.24, 2.45) is 0 Å². The summed E-state index contributed by atoms with van der Waals surface area (Å²) in [7, 11) is 0. The average molecular weight is 253 g/mol. The summed E-state index contributed by atoms with van der Waals surface area (Å²) in [6.45, 7) is 9.08. The molecule has 1 aromatic rings. The molecule has 0 aliphatic carbocycles. The van der Waals surface area contributed by atoms with Gasteiger partial charge in [-0.3, -0.25) is 0 Å². The summed E-state index contributed by atoms with van der Waals surface area (Å²) < 4.78 is 19.1. The van der Waals surface area contributed by atoms with E-state index in [1.807, 2.05) is 13.0 Å². The maximum absolute atomic E-state index is 13.4. The minimum atomic E-state index is -0.211. The Morgan fingerprint density at radius 2 is 2.06 bits per heavy atom. The first-order valence-electron chi connectivity index (χ1n) is 6.69. The summed E-state index contributed by atoms with van der Waals surface area (Å²) in [5, 5.41) is 3.42. The smallest absolute Gasteiger partial charge is 0.129 e. The van der Waals surface area contributed by atoms with Crippen LogP contribution in [0.25, 0.3) is 0 Å². The van der Waals surface area contributed by atoms with Crippen molar-refractivity contribution < 1.29 is 9.13 Å². The van der Waals surface area contributed by atoms with Crippen LogP contribution >= 0.6 is 0 Å². The molecule has 0 aliphatic heterocycles. The van der Waals surface area contributed by atoms with Crippen LogP contribution in [0.4, 0.5) is 4.39 Å². The fourth-order valence-electron chi connectivity index (χ4n) is 1.90. The molecule has 1 rings (SSSR count). The predicted molar refractivity (Wildman–Crippen MR) is 73.6 cm³/mol. The van der Waals surface area contributed by atoms with Crippen LogP contribution in [0.15, 0.2) is 18.2 Å². The van der Waals surface area contributed by atoms with Crippen molar-refractivity contribution in [2.45, 2.75) is 52.7 Å². The summed E-state index contributed by atoms with van der Waals surface area (Å²) in [4.78, 5) is 0. The molecule has 0 radical (unpaired) electrons. The first kappa shape index (κ1) is 15.0. The second kappa shape index (κ2) is 7.37. The van der Waals surface area contributed by atoms with Crippen molar-refractivity contribution in [2.75, 3.05) is 6.54 Å². The highest BCUT2D eigenvalue weighted by Gasteiger charge is 2.10. The van der Waals surface area contributed by atoms with Gasteiger partial charge in [0, 0.05) is 12.1 Å². The normalized spacial score (nSPS) is 14.3. The number of aryl methyl sites for hydroxylation is 1. The molecular formula is C15H24FNO. The molecule has 0 spiro atoms. The second-order valence-corrected chi connectivity index (χ2v) is 4.93. The SMILES string of the molecule is CCCNC(C)CC(C)Oc1ccc(C)c(F)c1. The lowest BCUT2D eigenvalue weighted by Crippen LogP contribution is -2.31. The number of benzene rings is 1. The first-order chi connectivity index (χ1) is 8.52. The van der Waals surface area contributed by atoms with Crippen molar-refractivity contribution in [3.05, 3.63) is 29.6 Å². The Hall–Kier alpha value is -1.09. The lowest BCUT2D eigenvalue weighted by molar-refractivity contribution is 0.195. The van der Waals surface area contributed by atoms with Crippen molar-refractivity contribution >= 4 is 0 Å². The highest BCUT2D eigenvalue weighted by atomic mass is 19.1. The summed E-state index contributed by atoms with van der Waals surface area (Å²) in [6, 6.07) is 5.43. The standard InChI is InChI=1S/C15H24FNO/c1-5-8-17-12(3)9-13(4)18-14-7-6-11(2)15(16)10-14/h6-7,10,12-13,17H,5,8-9H2,1-4H3. The van der Waals surface area contributed by atoms with Gasteiger partial charge in [-0.2, -0.15) is 0 Å². The first-order valence-corrected chi connectivity index (χ1v) is 6.69. The molecule has 0 aliphatic rings. The molecule has 3 heteroatoms. The highest BCUT2D eigenvalue weighted by Crippen LogP contribution is 2.18. The third-order valence-electron chi connectivity index (χ3n) is 2.91. The number of halogens is 1. The fraction of sp³-hybridized carbons (Fsp3) is 0.600. The Kier molecular flexibility index (Phi) is 6.13. The van der Waals surface area contributed by atoms with Gasteiger partial charge >= 0.3 is 0 Å². The quantitative estimate of drug-likeness (QED) is 0.800. The van der Waals surface area contributed by atoms with Crippen molar-refractivity contribution in [1.82, 2.24) is 5.32 Å². The van der Waals surface area contributed by atoms with E-state index < -0.39 is 0 Å². The van der Waals surface area contributed by atoms with E-state index in [9.17, 15) is 4.39 Å². The fourth-order valence-corrected chi connectivity index (χ4v) is 1.90. The number of ether oxygens (including phenoxy) is 1. The Morgan fingerprint density at radius 1 is 1.33 bits per heavy atom. The van der Waals surface area contributed by atoms with E-state index in [-0.39, 0.29) is 11.9 Å². The van der Waals surface area contributed by atoms with Crippen LogP contribution in [-0.2, 0) is 0 Å². The Balaban J connectivity index is 2.43. The van der Waals surface area contributed by atoms with Crippen LogP contribution in [0.2, 0.25) is 0 Å². The van der Waals surface area contributed by atoms with Gasteiger partial charge in [0.05, 0.1) is 6.10 Å². The van der Waals surface area contributed by atoms with E-state index in [1.54, 1.807) is 13.0 Å². The molecule has 2 unspecified atom stereocenters. The van der Waals surface area contributed by atoms with Crippen molar-refractivity contribution in [3.63, 3.8) is 0 Å². The summed E-state index contributed by atoms with van der Waals surface area (Å²) in [5.41, 5.74) is 0.646. The number of nitrogens with one attached hydrogen (secondary N) is 1. The molecule has 0 fully saturated rings. The molecule has 0 saturated heterocycles. The van der Waals surface area contributed by atoms with Crippen molar-refractivity contribution in [3.8, 4) is 5.75 Å². The monoisotopic (exact) mass is 253 g/mol. The van der Waals surface area contributed by atoms with E-state index in [0.29, 0.717) is 17.4 Å². The molecule has 0 heterocycles. The number of hydrogen-bond donors (Lipinski definition) is 1. The maximum Gasteiger partial charge on any atom is 0.129 e. The summed E-state index contributed by atoms with van der Waals surface area (Å²) in [5.74, 6) is 0.394. The van der Waals surface area contributed by atoms with Crippen LogP contribution in [0.1, 0.15) is 39.2 Å². The van der Waals surface area contributed by atoms with E-state index in [1.165, 1.54) is 6.07 Å². The zero-order valence-electron chi connectivity index (χ0n) is 11.8. The van der Waals surface area contributed by atoms with Gasteiger partial charge in [0.2, 0.25) is 0 Å². The molecule has 1 N–H and O–H groups in total. The van der Waals surface area contributed by atoms with E-state index in [2.05, 4.69) is 19.2 Å². The number of rotatable bonds is 7. The van der Waals surface area contributed by atoms with E-state index >= 15 is 0 Å². The molecule has 102 valence electrons. The molecule has 0 aromatic heterocycles. The van der Waals surface area contributed by atoms with Crippen LogP contribution < -0.4 is 10.1 Å². The molecule has 18 heavy (non-hydrogen) atoms. The van der Waals surface area contributed by atoms with E-state index in [4.69, 9.17) is 4.74 Å². The van der Waals surface area contributed by atoms with Crippen molar-refractivity contribution in [1.29, 1.82) is 0 Å². The van der Waals surface area contributed by atoms with Gasteiger partial charge in [-0.15, -0.1) is 0 Å². The Labute approximate surface area is 110 Å². The third-order valence-corrected chi connectivity index (χ3v) is 2.91. The zero-order valence-corrected chi connectivity index (χ0v) is 11.8. The van der Waals surface area contributed by atoms with Gasteiger partial charge in [0.25, 0.3) is 0 Å². The molecule has 0 saturated carbocycles. The molecular weight excluding hydrogens is 229 g/mol. The second-order valence-electron chi connectivity index (χ2n) is 4.93. The number of hydrogen-bond acceptors (Lipinski definition) is 2. The van der Waals surface area contributed by atoms with Crippen LogP contribution in [-0.4, -0.2) is 18.7 Å². The lowest BCUT2D eigenvalue weighted by Gasteiger charge is -2.20. The highest BCUT2D eigenvalue weighted by molar-refractivity contribution is 5.28. The van der Waals surface area contributed by atoms with Gasteiger partial charge in [-0.05, 0) is 51.8 Å². The van der Waals surface area contributed by atoms with Gasteiger partial charge in [0.15, 0.2) is 0 Å². The molecule has 0 bridgehead atoms. The average Bonchev–Trinajstić information content (AvgIpc) is 2.31. The van der Waals surface area contributed by atoms with Gasteiger partial charge in [0.1, 0.15) is 11.6 Å². The summed E-state index contributed by atoms with van der Waals surface area (Å²) >= 11 is 0. The predicted octanol–water partition coefficient (Wildman–Crippen LogP) is 3.68. The van der Waals surface area contributed by atoms with Gasteiger partial charge in [-0.1, -0.05) is 13.0 Å². The third kappa shape index (κ3) is 5.05. The van der Waals surface area contributed by atoms with E-state index in [0.717, 1.165) is 19.4 Å². The topological polar surface area (TPSA) is 21.3 Å². The molecule has 2 atom stereocenters. The van der Waals surface area contributed by atoms with Crippen LogP contribution in [0.5, 0.6) is 5.75 Å². The van der Waals surface area contributed by atoms with Gasteiger partial charge in [-0.25, -0.2) is 4.39 Å². The maximum atomic E-state index is 13.4. The van der Waals surface area contributed by atoms with Gasteiger partial charge < -0.3 is 10.1 Å². The Bertz CT molecular complexity index is 368.